The van der Waals surface area contributed by atoms with E-state index in [0.717, 1.165) is 44.9 Å². The van der Waals surface area contributed by atoms with Crippen molar-refractivity contribution in [1.29, 1.82) is 0 Å². The molecule has 0 spiro atoms. The molecule has 27 heavy (non-hydrogen) atoms. The molecule has 0 atom stereocenters. The minimum atomic E-state index is -0.152. The van der Waals surface area contributed by atoms with Gasteiger partial charge in [0.05, 0.1) is 13.1 Å². The van der Waals surface area contributed by atoms with Crippen LogP contribution in [0.5, 0.6) is 0 Å². The van der Waals surface area contributed by atoms with Crippen LogP contribution in [0, 0.1) is 0 Å². The summed E-state index contributed by atoms with van der Waals surface area (Å²) >= 11 is 0. The molecule has 0 aromatic carbocycles. The molecule has 150 valence electrons. The van der Waals surface area contributed by atoms with Crippen molar-refractivity contribution in [3.05, 3.63) is 60.8 Å². The fourth-order valence-electron chi connectivity index (χ4n) is 2.11. The van der Waals surface area contributed by atoms with Gasteiger partial charge in [-0.1, -0.05) is 67.7 Å². The van der Waals surface area contributed by atoms with Crippen LogP contribution in [0.3, 0.4) is 0 Å². The van der Waals surface area contributed by atoms with Gasteiger partial charge in [-0.2, -0.15) is 0 Å². The van der Waals surface area contributed by atoms with E-state index in [-0.39, 0.29) is 24.8 Å². The van der Waals surface area contributed by atoms with Crippen LogP contribution in [0.1, 0.15) is 58.3 Å². The maximum Gasteiger partial charge on any atom is 0.220 e. The molecule has 0 heterocycles. The number of unbranched alkanes of at least 4 members (excludes halogenated alkanes) is 1. The first-order chi connectivity index (χ1) is 13.2. The van der Waals surface area contributed by atoms with Crippen LogP contribution in [0.2, 0.25) is 0 Å². The predicted molar refractivity (Wildman–Crippen MR) is 115 cm³/mol. The summed E-state index contributed by atoms with van der Waals surface area (Å²) in [5.41, 5.74) is 5.18. The molecule has 0 aliphatic carbocycles. The Labute approximate surface area is 165 Å². The van der Waals surface area contributed by atoms with E-state index in [1.165, 1.54) is 0 Å². The number of amides is 1. The van der Waals surface area contributed by atoms with E-state index >= 15 is 0 Å². The van der Waals surface area contributed by atoms with Gasteiger partial charge in [0.25, 0.3) is 0 Å². The molecule has 0 saturated heterocycles. The number of hydrogen-bond donors (Lipinski definition) is 2. The maximum atomic E-state index is 11.5. The van der Waals surface area contributed by atoms with Gasteiger partial charge in [0, 0.05) is 6.42 Å². The SMILES string of the molecule is CCC=CCC=CCC=CCC=CCC=CCCCC(=O)NCC(=O)CN. The molecule has 0 aromatic heterocycles. The number of carbonyl (C=O) groups is 2. The fraction of sp³-hybridized carbons (Fsp3) is 0.478. The molecule has 0 saturated carbocycles. The number of ketones is 1. The van der Waals surface area contributed by atoms with Crippen LogP contribution in [0.15, 0.2) is 60.8 Å². The number of allylic oxidation sites excluding steroid dienone is 10. The van der Waals surface area contributed by atoms with Crippen LogP contribution in [0.25, 0.3) is 0 Å². The van der Waals surface area contributed by atoms with Gasteiger partial charge >= 0.3 is 0 Å². The van der Waals surface area contributed by atoms with E-state index in [9.17, 15) is 9.59 Å². The van der Waals surface area contributed by atoms with Gasteiger partial charge in [0.15, 0.2) is 5.78 Å². The van der Waals surface area contributed by atoms with Gasteiger partial charge in [-0.25, -0.2) is 0 Å². The zero-order valence-corrected chi connectivity index (χ0v) is 16.7. The van der Waals surface area contributed by atoms with Crippen LogP contribution >= 0.6 is 0 Å². The van der Waals surface area contributed by atoms with E-state index in [1.54, 1.807) is 0 Å². The van der Waals surface area contributed by atoms with Crippen molar-refractivity contribution in [3.8, 4) is 0 Å². The van der Waals surface area contributed by atoms with E-state index in [4.69, 9.17) is 5.73 Å². The van der Waals surface area contributed by atoms with Crippen LogP contribution in [-0.2, 0) is 9.59 Å². The van der Waals surface area contributed by atoms with Gasteiger partial charge in [-0.3, -0.25) is 9.59 Å². The van der Waals surface area contributed by atoms with E-state index in [1.807, 2.05) is 0 Å². The molecule has 0 bridgehead atoms. The lowest BCUT2D eigenvalue weighted by atomic mass is 10.2. The topological polar surface area (TPSA) is 72.2 Å². The Kier molecular flexibility index (Phi) is 18.5. The average Bonchev–Trinajstić information content (AvgIpc) is 2.68. The first kappa shape index (κ1) is 24.8. The van der Waals surface area contributed by atoms with Crippen molar-refractivity contribution >= 4 is 11.7 Å². The van der Waals surface area contributed by atoms with E-state index in [0.29, 0.717) is 6.42 Å². The lowest BCUT2D eigenvalue weighted by Gasteiger charge is -2.02. The summed E-state index contributed by atoms with van der Waals surface area (Å²) < 4.78 is 0. The molecule has 0 fully saturated rings. The van der Waals surface area contributed by atoms with Gasteiger partial charge in [-0.05, 0) is 44.9 Å². The van der Waals surface area contributed by atoms with Crippen molar-refractivity contribution in [2.75, 3.05) is 13.1 Å². The minimum absolute atomic E-state index is 0.0275. The molecule has 0 rings (SSSR count). The Bertz CT molecular complexity index is 528. The second-order valence-corrected chi connectivity index (χ2v) is 6.12. The summed E-state index contributed by atoms with van der Waals surface area (Å²) in [6.07, 6.45) is 28.7. The molecular formula is C23H36N2O2. The van der Waals surface area contributed by atoms with Gasteiger partial charge < -0.3 is 11.1 Å². The zero-order chi connectivity index (χ0) is 20.0. The van der Waals surface area contributed by atoms with Crippen molar-refractivity contribution in [2.45, 2.75) is 58.3 Å². The molecule has 1 amide bonds. The van der Waals surface area contributed by atoms with E-state index < -0.39 is 0 Å². The summed E-state index contributed by atoms with van der Waals surface area (Å²) in [7, 11) is 0. The maximum absolute atomic E-state index is 11.5. The third-order valence-electron chi connectivity index (χ3n) is 3.64. The number of rotatable bonds is 16. The molecule has 0 aliphatic rings. The van der Waals surface area contributed by atoms with Crippen molar-refractivity contribution in [2.24, 2.45) is 5.73 Å². The predicted octanol–water partition coefficient (Wildman–Crippen LogP) is 4.55. The second kappa shape index (κ2) is 20.1. The Morgan fingerprint density at radius 1 is 0.778 bits per heavy atom. The monoisotopic (exact) mass is 372 g/mol. The Morgan fingerprint density at radius 3 is 1.74 bits per heavy atom. The summed E-state index contributed by atoms with van der Waals surface area (Å²) in [4.78, 5) is 22.5. The third-order valence-corrected chi connectivity index (χ3v) is 3.64. The number of hydrogen-bond acceptors (Lipinski definition) is 3. The normalized spacial score (nSPS) is 12.4. The zero-order valence-electron chi connectivity index (χ0n) is 16.7. The average molecular weight is 373 g/mol. The smallest absolute Gasteiger partial charge is 0.220 e. The molecule has 4 nitrogen and oxygen atoms in total. The number of carbonyl (C=O) groups excluding carboxylic acids is 2. The standard InChI is InChI=1S/C23H36N2O2/c1-2-3-4-5-6-7-8-9-10-11-12-13-14-15-16-17-18-19-23(27)25-21-22(26)20-24/h3-4,6-7,9-10,12-13,15-16H,2,5,8,11,14,17-21,24H2,1H3,(H,25,27). The third kappa shape index (κ3) is 20.0. The Hall–Kier alpha value is -2.20. The first-order valence-electron chi connectivity index (χ1n) is 9.94. The summed E-state index contributed by atoms with van der Waals surface area (Å²) in [5.74, 6) is -0.245. The van der Waals surface area contributed by atoms with Crippen LogP contribution in [0.4, 0.5) is 0 Å². The van der Waals surface area contributed by atoms with Gasteiger partial charge in [0.2, 0.25) is 5.91 Å². The second-order valence-electron chi connectivity index (χ2n) is 6.12. The lowest BCUT2D eigenvalue weighted by Crippen LogP contribution is -2.32. The summed E-state index contributed by atoms with van der Waals surface area (Å²) in [6.45, 7) is 2.15. The molecule has 0 radical (unpaired) electrons. The molecule has 4 heteroatoms. The highest BCUT2D eigenvalue weighted by Crippen LogP contribution is 1.99. The Balaban J connectivity index is 3.54. The first-order valence-corrected chi connectivity index (χ1v) is 9.94. The summed E-state index contributed by atoms with van der Waals surface area (Å²) in [6, 6.07) is 0. The summed E-state index contributed by atoms with van der Waals surface area (Å²) in [5, 5.41) is 2.57. The molecule has 3 N–H and O–H groups in total. The molecule has 0 aliphatic heterocycles. The quantitative estimate of drug-likeness (QED) is 0.308. The number of nitrogens with one attached hydrogen (secondary N) is 1. The Morgan fingerprint density at radius 2 is 1.26 bits per heavy atom. The van der Waals surface area contributed by atoms with Gasteiger partial charge in [-0.15, -0.1) is 0 Å². The molecule has 0 aromatic rings. The largest absolute Gasteiger partial charge is 0.349 e. The lowest BCUT2D eigenvalue weighted by molar-refractivity contribution is -0.124. The van der Waals surface area contributed by atoms with Crippen molar-refractivity contribution < 1.29 is 9.59 Å². The minimum Gasteiger partial charge on any atom is -0.349 e. The van der Waals surface area contributed by atoms with Crippen molar-refractivity contribution in [1.82, 2.24) is 5.32 Å². The number of Topliss-reactive ketones (excluding diaryl/α,β-unsaturated/α-hetero) is 1. The highest BCUT2D eigenvalue weighted by molar-refractivity contribution is 5.87. The highest BCUT2D eigenvalue weighted by Gasteiger charge is 2.02. The van der Waals surface area contributed by atoms with E-state index in [2.05, 4.69) is 73.0 Å². The van der Waals surface area contributed by atoms with Gasteiger partial charge in [0.1, 0.15) is 0 Å². The fourth-order valence-corrected chi connectivity index (χ4v) is 2.11. The molecule has 0 unspecified atom stereocenters. The highest BCUT2D eigenvalue weighted by atomic mass is 16.2. The number of nitrogens with two attached hydrogens (primary N) is 1. The van der Waals surface area contributed by atoms with Crippen LogP contribution < -0.4 is 11.1 Å². The van der Waals surface area contributed by atoms with Crippen molar-refractivity contribution in [3.63, 3.8) is 0 Å². The molecular weight excluding hydrogens is 336 g/mol. The van der Waals surface area contributed by atoms with Crippen LogP contribution in [-0.4, -0.2) is 24.8 Å².